The molecule has 0 spiro atoms. The molecule has 9 nitrogen and oxygen atoms in total. The van der Waals surface area contributed by atoms with E-state index in [-0.39, 0.29) is 37.6 Å². The van der Waals surface area contributed by atoms with Gasteiger partial charge in [0.25, 0.3) is 5.91 Å². The minimum Gasteiger partial charge on any atom is -0.465 e. The summed E-state index contributed by atoms with van der Waals surface area (Å²) in [6.07, 6.45) is 5.11. The quantitative estimate of drug-likeness (QED) is 0.431. The predicted octanol–water partition coefficient (Wildman–Crippen LogP) is 4.48. The first-order chi connectivity index (χ1) is 19.4. The van der Waals surface area contributed by atoms with Gasteiger partial charge in [0.2, 0.25) is 0 Å². The third kappa shape index (κ3) is 5.76. The molecule has 1 saturated heterocycles. The Morgan fingerprint density at radius 1 is 1.05 bits per heavy atom. The molecule has 3 atom stereocenters. The highest BCUT2D eigenvalue weighted by Gasteiger charge is 2.42. The van der Waals surface area contributed by atoms with E-state index in [1.165, 1.54) is 4.90 Å². The lowest BCUT2D eigenvalue weighted by atomic mass is 9.78. The number of piperazine rings is 1. The summed E-state index contributed by atoms with van der Waals surface area (Å²) < 4.78 is 7.32. The van der Waals surface area contributed by atoms with E-state index in [0.29, 0.717) is 37.3 Å². The van der Waals surface area contributed by atoms with Gasteiger partial charge >= 0.3 is 6.09 Å². The standard InChI is InChI=1S/C31H38N4O5/c1-40-19-16-31(39)15-9-8-14-26(31)35-22-32-27(28(35)24-12-6-3-7-13-24)29(36)34-18-17-33(30(37)38)21-25(34)20-23-10-4-2-5-11-23/h2-7,10-13,22,25-26,39H,8-9,14-21H2,1H3,(H,37,38)/t25-,26+,31?/m1/s1. The summed E-state index contributed by atoms with van der Waals surface area (Å²) in [6.45, 7) is 1.21. The Kier molecular flexibility index (Phi) is 8.52. The van der Waals surface area contributed by atoms with Gasteiger partial charge in [0.1, 0.15) is 0 Å². The molecule has 2 aliphatic rings. The molecule has 0 radical (unpaired) electrons. The molecule has 5 rings (SSSR count). The van der Waals surface area contributed by atoms with E-state index in [1.54, 1.807) is 18.3 Å². The first kappa shape index (κ1) is 27.9. The highest BCUT2D eigenvalue weighted by Crippen LogP contribution is 2.42. The lowest BCUT2D eigenvalue weighted by molar-refractivity contribution is -0.0606. The van der Waals surface area contributed by atoms with Gasteiger partial charge in [-0.3, -0.25) is 4.79 Å². The van der Waals surface area contributed by atoms with E-state index in [9.17, 15) is 19.8 Å². The van der Waals surface area contributed by atoms with E-state index >= 15 is 0 Å². The number of ether oxygens (including phenoxy) is 1. The largest absolute Gasteiger partial charge is 0.465 e. The maximum atomic E-state index is 14.3. The van der Waals surface area contributed by atoms with Crippen molar-refractivity contribution in [1.82, 2.24) is 19.4 Å². The van der Waals surface area contributed by atoms with Gasteiger partial charge in [-0.15, -0.1) is 0 Å². The summed E-state index contributed by atoms with van der Waals surface area (Å²) in [5, 5.41) is 21.5. The number of nitrogens with zero attached hydrogens (tertiary/aromatic N) is 4. The van der Waals surface area contributed by atoms with Gasteiger partial charge < -0.3 is 29.3 Å². The Bertz CT molecular complexity index is 1300. The van der Waals surface area contributed by atoms with Crippen molar-refractivity contribution in [3.8, 4) is 11.3 Å². The van der Waals surface area contributed by atoms with Crippen LogP contribution < -0.4 is 0 Å². The zero-order valence-corrected chi connectivity index (χ0v) is 23.0. The molecule has 1 aliphatic heterocycles. The van der Waals surface area contributed by atoms with Gasteiger partial charge in [-0.05, 0) is 24.8 Å². The Hall–Kier alpha value is -3.69. The Morgan fingerprint density at radius 2 is 1.77 bits per heavy atom. The lowest BCUT2D eigenvalue weighted by Gasteiger charge is -2.42. The second-order valence-corrected chi connectivity index (χ2v) is 10.9. The van der Waals surface area contributed by atoms with Crippen molar-refractivity contribution in [2.45, 2.75) is 56.2 Å². The average Bonchev–Trinajstić information content (AvgIpc) is 3.42. The number of aliphatic hydroxyl groups is 1. The molecule has 3 aromatic rings. The van der Waals surface area contributed by atoms with Crippen molar-refractivity contribution >= 4 is 12.0 Å². The van der Waals surface area contributed by atoms with Gasteiger partial charge in [-0.25, -0.2) is 9.78 Å². The minimum atomic E-state index is -0.980. The monoisotopic (exact) mass is 546 g/mol. The molecule has 9 heteroatoms. The molecule has 2 fully saturated rings. The van der Waals surface area contributed by atoms with Gasteiger partial charge in [0.05, 0.1) is 29.7 Å². The molecule has 212 valence electrons. The van der Waals surface area contributed by atoms with Crippen molar-refractivity contribution in [1.29, 1.82) is 0 Å². The number of carbonyl (C=O) groups is 2. The highest BCUT2D eigenvalue weighted by molar-refractivity contribution is 5.98. The van der Waals surface area contributed by atoms with Crippen LogP contribution >= 0.6 is 0 Å². The fourth-order valence-corrected chi connectivity index (χ4v) is 6.30. The molecule has 2 amide bonds. The van der Waals surface area contributed by atoms with Crippen LogP contribution in [-0.4, -0.2) is 86.6 Å². The van der Waals surface area contributed by atoms with E-state index in [4.69, 9.17) is 4.74 Å². The van der Waals surface area contributed by atoms with Crippen LogP contribution in [0.2, 0.25) is 0 Å². The molecule has 1 aromatic heterocycles. The Morgan fingerprint density at radius 3 is 2.48 bits per heavy atom. The summed E-state index contributed by atoms with van der Waals surface area (Å²) in [5.74, 6) is -0.222. The number of methoxy groups -OCH3 is 1. The number of benzene rings is 2. The zero-order valence-electron chi connectivity index (χ0n) is 23.0. The summed E-state index contributed by atoms with van der Waals surface area (Å²) in [6, 6.07) is 19.0. The molecular formula is C31H38N4O5. The van der Waals surface area contributed by atoms with E-state index < -0.39 is 11.7 Å². The van der Waals surface area contributed by atoms with Crippen LogP contribution in [0.1, 0.15) is 54.2 Å². The fourth-order valence-electron chi connectivity index (χ4n) is 6.30. The van der Waals surface area contributed by atoms with Crippen molar-refractivity contribution < 1.29 is 24.5 Å². The Labute approximate surface area is 235 Å². The Balaban J connectivity index is 1.53. The number of carbonyl (C=O) groups excluding carboxylic acids is 1. The van der Waals surface area contributed by atoms with Crippen LogP contribution in [0.3, 0.4) is 0 Å². The first-order valence-electron chi connectivity index (χ1n) is 14.1. The SMILES string of the molecule is COCCC1(O)CCCC[C@@H]1n1cnc(C(=O)N2CCN(C(=O)O)C[C@H]2Cc2ccccc2)c1-c1ccccc1. The number of hydrogen-bond acceptors (Lipinski definition) is 5. The molecular weight excluding hydrogens is 508 g/mol. The van der Waals surface area contributed by atoms with E-state index in [2.05, 4.69) is 4.98 Å². The topological polar surface area (TPSA) is 108 Å². The smallest absolute Gasteiger partial charge is 0.407 e. The van der Waals surface area contributed by atoms with Crippen molar-refractivity contribution in [3.05, 3.63) is 78.2 Å². The van der Waals surface area contributed by atoms with Crippen molar-refractivity contribution in [2.24, 2.45) is 0 Å². The van der Waals surface area contributed by atoms with Crippen LogP contribution in [0, 0.1) is 0 Å². The number of imidazole rings is 1. The third-order valence-corrected chi connectivity index (χ3v) is 8.40. The van der Waals surface area contributed by atoms with Gasteiger partial charge in [0.15, 0.2) is 5.69 Å². The van der Waals surface area contributed by atoms with E-state index in [1.807, 2.05) is 65.2 Å². The van der Waals surface area contributed by atoms with Crippen molar-refractivity contribution in [3.63, 3.8) is 0 Å². The second kappa shape index (κ2) is 12.2. The molecule has 1 aliphatic carbocycles. The average molecular weight is 547 g/mol. The molecule has 0 bridgehead atoms. The highest BCUT2D eigenvalue weighted by atomic mass is 16.5. The molecule has 1 saturated carbocycles. The number of carboxylic acid groups (broad SMARTS) is 1. The normalized spacial score (nSPS) is 23.2. The lowest BCUT2D eigenvalue weighted by Crippen LogP contribution is -2.57. The van der Waals surface area contributed by atoms with Gasteiger partial charge in [0, 0.05) is 45.3 Å². The van der Waals surface area contributed by atoms with Crippen LogP contribution in [0.5, 0.6) is 0 Å². The van der Waals surface area contributed by atoms with Gasteiger partial charge in [-0.1, -0.05) is 73.5 Å². The van der Waals surface area contributed by atoms with Gasteiger partial charge in [-0.2, -0.15) is 0 Å². The third-order valence-electron chi connectivity index (χ3n) is 8.40. The summed E-state index contributed by atoms with van der Waals surface area (Å²) in [5.41, 5.74) is 1.94. The van der Waals surface area contributed by atoms with E-state index in [0.717, 1.165) is 30.4 Å². The molecule has 40 heavy (non-hydrogen) atoms. The maximum absolute atomic E-state index is 14.3. The van der Waals surface area contributed by atoms with Crippen molar-refractivity contribution in [2.75, 3.05) is 33.4 Å². The van der Waals surface area contributed by atoms with Crippen LogP contribution in [0.15, 0.2) is 67.0 Å². The molecule has 2 N–H and O–H groups in total. The number of aromatic nitrogens is 2. The summed E-state index contributed by atoms with van der Waals surface area (Å²) in [7, 11) is 1.64. The molecule has 2 heterocycles. The maximum Gasteiger partial charge on any atom is 0.407 e. The first-order valence-corrected chi connectivity index (χ1v) is 14.1. The summed E-state index contributed by atoms with van der Waals surface area (Å²) >= 11 is 0. The molecule has 1 unspecified atom stereocenters. The number of rotatable bonds is 8. The fraction of sp³-hybridized carbons (Fsp3) is 0.452. The van der Waals surface area contributed by atoms with Crippen LogP contribution in [0.25, 0.3) is 11.3 Å². The predicted molar refractivity (Wildman–Crippen MR) is 151 cm³/mol. The summed E-state index contributed by atoms with van der Waals surface area (Å²) in [4.78, 5) is 34.0. The zero-order chi connectivity index (χ0) is 28.1. The molecule has 2 aromatic carbocycles. The second-order valence-electron chi connectivity index (χ2n) is 10.9. The van der Waals surface area contributed by atoms with Crippen LogP contribution in [0.4, 0.5) is 4.79 Å². The minimum absolute atomic E-state index is 0.222. The van der Waals surface area contributed by atoms with Crippen LogP contribution in [-0.2, 0) is 11.2 Å². The number of hydrogen-bond donors (Lipinski definition) is 2. The number of amides is 2.